The van der Waals surface area contributed by atoms with Crippen molar-refractivity contribution in [1.29, 1.82) is 0 Å². The summed E-state index contributed by atoms with van der Waals surface area (Å²) in [6.07, 6.45) is 0.651. The Morgan fingerprint density at radius 2 is 1.78 bits per heavy atom. The van der Waals surface area contributed by atoms with Gasteiger partial charge in [-0.1, -0.05) is 61.3 Å². The first-order valence-electron chi connectivity index (χ1n) is 10.3. The predicted octanol–water partition coefficient (Wildman–Crippen LogP) is 4.78. The summed E-state index contributed by atoms with van der Waals surface area (Å²) < 4.78 is 0. The van der Waals surface area contributed by atoms with Crippen molar-refractivity contribution in [3.8, 4) is 0 Å². The largest absolute Gasteiger partial charge is 0.369 e. The highest BCUT2D eigenvalue weighted by atomic mass is 35.5. The molecule has 7 nitrogen and oxygen atoms in total. The minimum Gasteiger partial charge on any atom is -0.369 e. The number of halogens is 2. The van der Waals surface area contributed by atoms with Crippen LogP contribution in [0, 0.1) is 5.92 Å². The molecule has 4 N–H and O–H groups in total. The highest BCUT2D eigenvalue weighted by Gasteiger charge is 2.43. The molecule has 0 aliphatic carbocycles. The molecule has 1 aliphatic heterocycles. The van der Waals surface area contributed by atoms with Gasteiger partial charge in [0.2, 0.25) is 0 Å². The average molecular weight is 476 g/mol. The predicted molar refractivity (Wildman–Crippen MR) is 129 cm³/mol. The number of aliphatic imine (C=N–C) groups is 1. The van der Waals surface area contributed by atoms with Crippen molar-refractivity contribution in [1.82, 2.24) is 10.2 Å². The quantitative estimate of drug-likeness (QED) is 0.537. The maximum atomic E-state index is 12.9. The number of nitrogens with two attached hydrogens (primary N) is 1. The standard InChI is InChI=1S/C23H27Cl2N5O2/c1-14(2)11-23(3)20(31)30(21(26)29-23)13-16-6-4-15(5-7-16)12-27-22(32)28-17-8-9-18(24)19(25)10-17/h4-10,14H,11-13H2,1-3H3,(H2,26,29)(H2,27,28,32). The van der Waals surface area contributed by atoms with Gasteiger partial charge in [-0.2, -0.15) is 0 Å². The summed E-state index contributed by atoms with van der Waals surface area (Å²) in [5, 5.41) is 6.28. The first kappa shape index (κ1) is 23.9. The lowest BCUT2D eigenvalue weighted by molar-refractivity contribution is -0.131. The first-order chi connectivity index (χ1) is 15.1. The molecular weight excluding hydrogens is 449 g/mol. The van der Waals surface area contributed by atoms with Gasteiger partial charge in [0.05, 0.1) is 16.6 Å². The van der Waals surface area contributed by atoms with Crippen molar-refractivity contribution in [2.75, 3.05) is 5.32 Å². The summed E-state index contributed by atoms with van der Waals surface area (Å²) in [6, 6.07) is 12.1. The van der Waals surface area contributed by atoms with Crippen LogP contribution < -0.4 is 16.4 Å². The van der Waals surface area contributed by atoms with Gasteiger partial charge in [-0.05, 0) is 48.6 Å². The lowest BCUT2D eigenvalue weighted by atomic mass is 9.91. The Labute approximate surface area is 198 Å². The van der Waals surface area contributed by atoms with Crippen molar-refractivity contribution >= 4 is 46.8 Å². The van der Waals surface area contributed by atoms with E-state index in [0.29, 0.717) is 41.2 Å². The van der Waals surface area contributed by atoms with E-state index in [1.165, 1.54) is 4.90 Å². The van der Waals surface area contributed by atoms with E-state index in [4.69, 9.17) is 28.9 Å². The minimum absolute atomic E-state index is 0.0755. The van der Waals surface area contributed by atoms with Gasteiger partial charge in [-0.3, -0.25) is 9.69 Å². The number of hydrogen-bond acceptors (Lipinski definition) is 4. The number of urea groups is 1. The summed E-state index contributed by atoms with van der Waals surface area (Å²) in [5.74, 6) is 0.511. The molecule has 32 heavy (non-hydrogen) atoms. The zero-order chi connectivity index (χ0) is 23.5. The number of hydrogen-bond donors (Lipinski definition) is 3. The minimum atomic E-state index is -0.802. The number of nitrogens with one attached hydrogen (secondary N) is 2. The zero-order valence-corrected chi connectivity index (χ0v) is 19.8. The van der Waals surface area contributed by atoms with Crippen molar-refractivity contribution < 1.29 is 9.59 Å². The van der Waals surface area contributed by atoms with Crippen LogP contribution in [0.5, 0.6) is 0 Å². The molecule has 0 spiro atoms. The maximum Gasteiger partial charge on any atom is 0.319 e. The van der Waals surface area contributed by atoms with Gasteiger partial charge in [0.1, 0.15) is 5.54 Å². The monoisotopic (exact) mass is 475 g/mol. The third kappa shape index (κ3) is 5.72. The SMILES string of the molecule is CC(C)CC1(C)N=C(N)N(Cc2ccc(CNC(=O)Nc3ccc(Cl)c(Cl)c3)cc2)C1=O. The third-order valence-corrected chi connectivity index (χ3v) is 5.88. The molecule has 1 atom stereocenters. The van der Waals surface area contributed by atoms with Gasteiger partial charge in [-0.15, -0.1) is 0 Å². The van der Waals surface area contributed by atoms with E-state index in [1.807, 2.05) is 31.2 Å². The average Bonchev–Trinajstić information content (AvgIpc) is 2.92. The lowest BCUT2D eigenvalue weighted by Gasteiger charge is -2.23. The van der Waals surface area contributed by atoms with Crippen LogP contribution >= 0.6 is 23.2 Å². The van der Waals surface area contributed by atoms with Gasteiger partial charge in [0.15, 0.2) is 5.96 Å². The van der Waals surface area contributed by atoms with Crippen LogP contribution in [0.1, 0.15) is 38.3 Å². The molecule has 1 unspecified atom stereocenters. The number of anilines is 1. The molecule has 170 valence electrons. The van der Waals surface area contributed by atoms with Gasteiger partial charge in [0, 0.05) is 12.2 Å². The number of nitrogens with zero attached hydrogens (tertiary/aromatic N) is 2. The Morgan fingerprint density at radius 1 is 1.12 bits per heavy atom. The Hall–Kier alpha value is -2.77. The normalized spacial score (nSPS) is 18.1. The molecule has 3 rings (SSSR count). The molecule has 2 aromatic carbocycles. The van der Waals surface area contributed by atoms with E-state index in [2.05, 4.69) is 29.5 Å². The van der Waals surface area contributed by atoms with Gasteiger partial charge >= 0.3 is 6.03 Å². The molecule has 2 aromatic rings. The molecule has 0 saturated heterocycles. The summed E-state index contributed by atoms with van der Waals surface area (Å²) in [6.45, 7) is 6.65. The van der Waals surface area contributed by atoms with E-state index >= 15 is 0 Å². The van der Waals surface area contributed by atoms with Crippen molar-refractivity contribution in [3.05, 3.63) is 63.6 Å². The molecule has 1 heterocycles. The fourth-order valence-electron chi connectivity index (χ4n) is 3.71. The number of guanidine groups is 1. The van der Waals surface area contributed by atoms with Crippen LogP contribution in [-0.2, 0) is 17.9 Å². The van der Waals surface area contributed by atoms with Gasteiger partial charge in [0.25, 0.3) is 5.91 Å². The summed E-state index contributed by atoms with van der Waals surface area (Å²) in [7, 11) is 0. The number of rotatable bonds is 7. The van der Waals surface area contributed by atoms with E-state index in [-0.39, 0.29) is 17.9 Å². The highest BCUT2D eigenvalue weighted by Crippen LogP contribution is 2.29. The fourth-order valence-corrected chi connectivity index (χ4v) is 4.01. The second-order valence-electron chi connectivity index (χ2n) is 8.49. The molecule has 9 heteroatoms. The van der Waals surface area contributed by atoms with E-state index in [1.54, 1.807) is 18.2 Å². The van der Waals surface area contributed by atoms with Crippen LogP contribution in [0.2, 0.25) is 10.0 Å². The Bertz CT molecular complexity index is 1040. The van der Waals surface area contributed by atoms with E-state index < -0.39 is 5.54 Å². The zero-order valence-electron chi connectivity index (χ0n) is 18.3. The number of carbonyl (C=O) groups excluding carboxylic acids is 2. The smallest absolute Gasteiger partial charge is 0.319 e. The third-order valence-electron chi connectivity index (χ3n) is 5.14. The number of benzene rings is 2. The Kier molecular flexibility index (Phi) is 7.31. The second-order valence-corrected chi connectivity index (χ2v) is 9.30. The van der Waals surface area contributed by atoms with Gasteiger partial charge < -0.3 is 16.4 Å². The number of carbonyl (C=O) groups is 2. The Balaban J connectivity index is 1.54. The second kappa shape index (κ2) is 9.79. The molecule has 3 amide bonds. The van der Waals surface area contributed by atoms with Crippen molar-refractivity contribution in [3.63, 3.8) is 0 Å². The van der Waals surface area contributed by atoms with Crippen LogP contribution in [0.15, 0.2) is 47.5 Å². The molecule has 0 bridgehead atoms. The fraction of sp³-hybridized carbons (Fsp3) is 0.348. The topological polar surface area (TPSA) is 99.8 Å². The molecule has 0 saturated carbocycles. The molecule has 0 aromatic heterocycles. The number of amides is 3. The maximum absolute atomic E-state index is 12.9. The highest BCUT2D eigenvalue weighted by molar-refractivity contribution is 6.42. The van der Waals surface area contributed by atoms with E-state index in [0.717, 1.165) is 11.1 Å². The first-order valence-corrected chi connectivity index (χ1v) is 11.1. The van der Waals surface area contributed by atoms with Crippen molar-refractivity contribution in [2.24, 2.45) is 16.6 Å². The molecule has 1 aliphatic rings. The van der Waals surface area contributed by atoms with Crippen LogP contribution in [0.4, 0.5) is 10.5 Å². The Morgan fingerprint density at radius 3 is 2.41 bits per heavy atom. The van der Waals surface area contributed by atoms with E-state index in [9.17, 15) is 9.59 Å². The molecular formula is C23H27Cl2N5O2. The summed E-state index contributed by atoms with van der Waals surface area (Å²) in [4.78, 5) is 31.0. The van der Waals surface area contributed by atoms with Crippen LogP contribution in [0.3, 0.4) is 0 Å². The molecule has 0 radical (unpaired) electrons. The summed E-state index contributed by atoms with van der Waals surface area (Å²) >= 11 is 11.8. The van der Waals surface area contributed by atoms with Gasteiger partial charge in [-0.25, -0.2) is 9.79 Å². The van der Waals surface area contributed by atoms with Crippen LogP contribution in [0.25, 0.3) is 0 Å². The molecule has 0 fully saturated rings. The van der Waals surface area contributed by atoms with Crippen LogP contribution in [-0.4, -0.2) is 28.3 Å². The summed E-state index contributed by atoms with van der Waals surface area (Å²) in [5.41, 5.74) is 7.63. The van der Waals surface area contributed by atoms with Crippen molar-refractivity contribution in [2.45, 2.75) is 45.8 Å². The lowest BCUT2D eigenvalue weighted by Crippen LogP contribution is -2.43.